The fraction of sp³-hybridized carbons (Fsp3) is 0.222. The van der Waals surface area contributed by atoms with Crippen LogP contribution in [0.3, 0.4) is 0 Å². The largest absolute Gasteiger partial charge is 0.365 e. The number of halogens is 1. The van der Waals surface area contributed by atoms with Gasteiger partial charge in [-0.1, -0.05) is 12.1 Å². The molecule has 0 N–H and O–H groups in total. The Morgan fingerprint density at radius 1 is 1.21 bits per heavy atom. The molecule has 0 bridgehead atoms. The molecule has 0 fully saturated rings. The summed E-state index contributed by atoms with van der Waals surface area (Å²) >= 11 is 5.29. The highest BCUT2D eigenvalue weighted by atomic mass is 79.9. The van der Waals surface area contributed by atoms with Crippen LogP contribution < -0.4 is 10.5 Å². The Balaban J connectivity index is 1.72. The summed E-state index contributed by atoms with van der Waals surface area (Å²) in [7, 11) is 0. The number of anilines is 1. The predicted molar refractivity (Wildman–Crippen MR) is 102 cm³/mol. The standard InChI is InChI=1S/C18H16BrN3OS/c19-13-6-7-17-20-14(10-18(23)22(17)11-13)12-21-8-3-9-24-16-5-2-1-4-15(16)21/h1-2,4-7,10-11H,3,8-9,12H2. The first-order valence-electron chi connectivity index (χ1n) is 7.85. The van der Waals surface area contributed by atoms with Crippen LogP contribution in [-0.2, 0) is 6.54 Å². The van der Waals surface area contributed by atoms with E-state index in [0.29, 0.717) is 12.2 Å². The molecular weight excluding hydrogens is 386 g/mol. The molecule has 1 aliphatic rings. The Morgan fingerprint density at radius 2 is 2.08 bits per heavy atom. The second-order valence-electron chi connectivity index (χ2n) is 5.75. The molecule has 0 spiro atoms. The van der Waals surface area contributed by atoms with Crippen LogP contribution in [0.5, 0.6) is 0 Å². The van der Waals surface area contributed by atoms with E-state index in [1.54, 1.807) is 16.7 Å². The molecule has 4 nitrogen and oxygen atoms in total. The van der Waals surface area contributed by atoms with Crippen LogP contribution in [0.1, 0.15) is 12.1 Å². The maximum atomic E-state index is 12.4. The lowest BCUT2D eigenvalue weighted by Crippen LogP contribution is -2.26. The Morgan fingerprint density at radius 3 is 3.00 bits per heavy atom. The number of fused-ring (bicyclic) bond motifs is 2. The topological polar surface area (TPSA) is 37.6 Å². The summed E-state index contributed by atoms with van der Waals surface area (Å²) in [6.45, 7) is 1.63. The molecule has 0 radical (unpaired) electrons. The van der Waals surface area contributed by atoms with E-state index in [1.807, 2.05) is 23.9 Å². The Hall–Kier alpha value is -1.79. The number of hydrogen-bond acceptors (Lipinski definition) is 4. The normalized spacial score (nSPS) is 14.5. The molecule has 3 heterocycles. The molecule has 1 aromatic carbocycles. The van der Waals surface area contributed by atoms with Crippen molar-refractivity contribution in [2.75, 3.05) is 17.2 Å². The van der Waals surface area contributed by atoms with Crippen LogP contribution in [0.15, 0.2) is 62.8 Å². The number of pyridine rings is 1. The third-order valence-electron chi connectivity index (χ3n) is 4.07. The molecule has 24 heavy (non-hydrogen) atoms. The van der Waals surface area contributed by atoms with E-state index < -0.39 is 0 Å². The van der Waals surface area contributed by atoms with Gasteiger partial charge in [0.15, 0.2) is 0 Å². The van der Waals surface area contributed by atoms with Gasteiger partial charge in [-0.2, -0.15) is 0 Å². The fourth-order valence-corrected chi connectivity index (χ4v) is 4.32. The van der Waals surface area contributed by atoms with Crippen LogP contribution >= 0.6 is 27.7 Å². The monoisotopic (exact) mass is 401 g/mol. The highest BCUT2D eigenvalue weighted by Crippen LogP contribution is 2.34. The van der Waals surface area contributed by atoms with Crippen LogP contribution in [-0.4, -0.2) is 21.7 Å². The number of nitrogens with zero attached hydrogens (tertiary/aromatic N) is 3. The molecular formula is C18H16BrN3OS. The van der Waals surface area contributed by atoms with Gasteiger partial charge in [-0.25, -0.2) is 4.98 Å². The summed E-state index contributed by atoms with van der Waals surface area (Å²) in [5.74, 6) is 1.12. The molecule has 4 rings (SSSR count). The molecule has 0 amide bonds. The summed E-state index contributed by atoms with van der Waals surface area (Å²) in [4.78, 5) is 20.7. The number of benzene rings is 1. The average molecular weight is 402 g/mol. The second kappa shape index (κ2) is 6.61. The maximum absolute atomic E-state index is 12.4. The quantitative estimate of drug-likeness (QED) is 0.651. The van der Waals surface area contributed by atoms with Crippen molar-refractivity contribution >= 4 is 39.0 Å². The summed E-state index contributed by atoms with van der Waals surface area (Å²) in [5, 5.41) is 0. The predicted octanol–water partition coefficient (Wildman–Crippen LogP) is 3.96. The van der Waals surface area contributed by atoms with Gasteiger partial charge in [-0.3, -0.25) is 9.20 Å². The highest BCUT2D eigenvalue weighted by Gasteiger charge is 2.16. The van der Waals surface area contributed by atoms with Gasteiger partial charge < -0.3 is 4.90 Å². The van der Waals surface area contributed by atoms with Gasteiger partial charge in [0.1, 0.15) is 5.65 Å². The van der Waals surface area contributed by atoms with Gasteiger partial charge in [0.05, 0.1) is 17.9 Å². The first-order valence-corrected chi connectivity index (χ1v) is 9.63. The van der Waals surface area contributed by atoms with E-state index in [4.69, 9.17) is 0 Å². The number of hydrogen-bond donors (Lipinski definition) is 0. The molecule has 0 saturated heterocycles. The van der Waals surface area contributed by atoms with Crippen molar-refractivity contribution in [1.29, 1.82) is 0 Å². The number of para-hydroxylation sites is 1. The van der Waals surface area contributed by atoms with Gasteiger partial charge >= 0.3 is 0 Å². The molecule has 2 aromatic heterocycles. The minimum absolute atomic E-state index is 0.0474. The van der Waals surface area contributed by atoms with Crippen molar-refractivity contribution < 1.29 is 0 Å². The van der Waals surface area contributed by atoms with Crippen molar-refractivity contribution in [3.05, 3.63) is 69.2 Å². The van der Waals surface area contributed by atoms with Gasteiger partial charge in [0.2, 0.25) is 0 Å². The fourth-order valence-electron chi connectivity index (χ4n) is 2.97. The summed E-state index contributed by atoms with van der Waals surface area (Å²) in [6.07, 6.45) is 2.88. The Bertz CT molecular complexity index is 956. The Kier molecular flexibility index (Phi) is 4.33. The van der Waals surface area contributed by atoms with Crippen molar-refractivity contribution in [2.45, 2.75) is 17.9 Å². The van der Waals surface area contributed by atoms with E-state index in [0.717, 1.165) is 28.9 Å². The van der Waals surface area contributed by atoms with Crippen LogP contribution in [0.2, 0.25) is 0 Å². The highest BCUT2D eigenvalue weighted by molar-refractivity contribution is 9.10. The van der Waals surface area contributed by atoms with E-state index >= 15 is 0 Å². The molecule has 122 valence electrons. The van der Waals surface area contributed by atoms with Gasteiger partial charge in [0, 0.05) is 28.2 Å². The lowest BCUT2D eigenvalue weighted by molar-refractivity contribution is 0.755. The summed E-state index contributed by atoms with van der Waals surface area (Å²) in [5.41, 5.74) is 2.67. The average Bonchev–Trinajstić information content (AvgIpc) is 2.78. The van der Waals surface area contributed by atoms with Crippen LogP contribution in [0.25, 0.3) is 5.65 Å². The van der Waals surface area contributed by atoms with Gasteiger partial charge in [-0.15, -0.1) is 11.8 Å². The minimum Gasteiger partial charge on any atom is -0.365 e. The van der Waals surface area contributed by atoms with Crippen molar-refractivity contribution in [3.8, 4) is 0 Å². The van der Waals surface area contributed by atoms with E-state index in [1.165, 1.54) is 10.6 Å². The lowest BCUT2D eigenvalue weighted by atomic mass is 10.2. The van der Waals surface area contributed by atoms with Gasteiger partial charge in [0.25, 0.3) is 5.56 Å². The minimum atomic E-state index is -0.0474. The van der Waals surface area contributed by atoms with Crippen LogP contribution in [0, 0.1) is 0 Å². The van der Waals surface area contributed by atoms with E-state index in [9.17, 15) is 4.79 Å². The van der Waals surface area contributed by atoms with Crippen molar-refractivity contribution in [1.82, 2.24) is 9.38 Å². The van der Waals surface area contributed by atoms with E-state index in [2.05, 4.69) is 50.1 Å². The zero-order valence-corrected chi connectivity index (χ0v) is 15.4. The zero-order valence-electron chi connectivity index (χ0n) is 13.0. The SMILES string of the molecule is O=c1cc(CN2CCCSc3ccccc32)nc2ccc(Br)cn12. The first kappa shape index (κ1) is 15.7. The van der Waals surface area contributed by atoms with E-state index in [-0.39, 0.29) is 5.56 Å². The molecule has 1 aliphatic heterocycles. The molecule has 6 heteroatoms. The molecule has 3 aromatic rings. The third-order valence-corrected chi connectivity index (χ3v) is 5.68. The molecule has 0 aliphatic carbocycles. The van der Waals surface area contributed by atoms with Crippen molar-refractivity contribution in [2.24, 2.45) is 0 Å². The van der Waals surface area contributed by atoms with Crippen LogP contribution in [0.4, 0.5) is 5.69 Å². The second-order valence-corrected chi connectivity index (χ2v) is 7.80. The summed E-state index contributed by atoms with van der Waals surface area (Å²) in [6, 6.07) is 13.9. The first-order chi connectivity index (χ1) is 11.7. The lowest BCUT2D eigenvalue weighted by Gasteiger charge is -2.24. The maximum Gasteiger partial charge on any atom is 0.258 e. The van der Waals surface area contributed by atoms with Gasteiger partial charge in [-0.05, 0) is 52.4 Å². The summed E-state index contributed by atoms with van der Waals surface area (Å²) < 4.78 is 2.44. The zero-order chi connectivity index (χ0) is 16.5. The van der Waals surface area contributed by atoms with Crippen molar-refractivity contribution in [3.63, 3.8) is 0 Å². The molecule has 0 unspecified atom stereocenters. The number of rotatable bonds is 2. The molecule has 0 atom stereocenters. The Labute approximate surface area is 152 Å². The smallest absolute Gasteiger partial charge is 0.258 e. The number of thioether (sulfide) groups is 1. The third kappa shape index (κ3) is 3.08. The number of aromatic nitrogens is 2. The molecule has 0 saturated carbocycles.